The first-order valence-electron chi connectivity index (χ1n) is 5.78. The van der Waals surface area contributed by atoms with Crippen LogP contribution in [0, 0.1) is 0 Å². The molecular formula is C13H15ClN4O. The third-order valence-corrected chi connectivity index (χ3v) is 3.23. The Bertz CT molecular complexity index is 550. The van der Waals surface area contributed by atoms with Crippen molar-refractivity contribution in [3.63, 3.8) is 0 Å². The van der Waals surface area contributed by atoms with Crippen LogP contribution in [-0.2, 0) is 6.42 Å². The van der Waals surface area contributed by atoms with Crippen molar-refractivity contribution in [3.8, 4) is 5.75 Å². The predicted octanol–water partition coefficient (Wildman–Crippen LogP) is 1.89. The zero-order chi connectivity index (χ0) is 13.7. The van der Waals surface area contributed by atoms with Crippen LogP contribution in [0.25, 0.3) is 0 Å². The monoisotopic (exact) mass is 278 g/mol. The summed E-state index contributed by atoms with van der Waals surface area (Å²) in [6.45, 7) is 0. The number of hydrogen-bond donors (Lipinski definition) is 2. The number of halogens is 1. The van der Waals surface area contributed by atoms with Crippen LogP contribution in [0.4, 0.5) is 0 Å². The van der Waals surface area contributed by atoms with E-state index in [0.717, 1.165) is 11.1 Å². The van der Waals surface area contributed by atoms with Crippen LogP contribution in [0.3, 0.4) is 0 Å². The summed E-state index contributed by atoms with van der Waals surface area (Å²) in [5.74, 6) is 6.33. The molecule has 1 atom stereocenters. The van der Waals surface area contributed by atoms with Gasteiger partial charge in [-0.25, -0.2) is 0 Å². The fourth-order valence-electron chi connectivity index (χ4n) is 1.90. The minimum atomic E-state index is -0.113. The molecule has 1 unspecified atom stereocenters. The van der Waals surface area contributed by atoms with Crippen molar-refractivity contribution < 1.29 is 4.74 Å². The second kappa shape index (κ2) is 6.47. The molecule has 6 heteroatoms. The fourth-order valence-corrected chi connectivity index (χ4v) is 2.09. The first kappa shape index (κ1) is 13.7. The van der Waals surface area contributed by atoms with Crippen LogP contribution < -0.4 is 16.0 Å². The standard InChI is InChI=1S/C13H15ClN4O/c1-19-13-8-17-5-3-10(13)12(18-15)6-9-2-4-16-7-11(9)14/h2-5,7-8,12,18H,6,15H2,1H3. The third kappa shape index (κ3) is 3.20. The van der Waals surface area contributed by atoms with E-state index < -0.39 is 0 Å². The summed E-state index contributed by atoms with van der Waals surface area (Å²) in [7, 11) is 1.60. The highest BCUT2D eigenvalue weighted by molar-refractivity contribution is 6.31. The Kier molecular flexibility index (Phi) is 4.68. The van der Waals surface area contributed by atoms with E-state index in [4.69, 9.17) is 22.2 Å². The Balaban J connectivity index is 2.28. The van der Waals surface area contributed by atoms with Gasteiger partial charge in [-0.3, -0.25) is 21.2 Å². The molecule has 0 aliphatic heterocycles. The number of rotatable bonds is 5. The number of aromatic nitrogens is 2. The number of methoxy groups -OCH3 is 1. The average Bonchev–Trinajstić information content (AvgIpc) is 2.46. The Hall–Kier alpha value is -1.69. The van der Waals surface area contributed by atoms with Crippen LogP contribution in [0.5, 0.6) is 5.75 Å². The highest BCUT2D eigenvalue weighted by Gasteiger charge is 2.16. The molecule has 0 aliphatic rings. The lowest BCUT2D eigenvalue weighted by Crippen LogP contribution is -2.30. The summed E-state index contributed by atoms with van der Waals surface area (Å²) >= 11 is 6.11. The summed E-state index contributed by atoms with van der Waals surface area (Å²) in [5.41, 5.74) is 4.69. The normalized spacial score (nSPS) is 12.2. The van der Waals surface area contributed by atoms with E-state index >= 15 is 0 Å². The number of ether oxygens (including phenoxy) is 1. The SMILES string of the molecule is COc1cnccc1C(Cc1ccncc1Cl)NN. The Labute approximate surface area is 116 Å². The van der Waals surface area contributed by atoms with Crippen molar-refractivity contribution in [1.29, 1.82) is 0 Å². The predicted molar refractivity (Wildman–Crippen MR) is 73.8 cm³/mol. The van der Waals surface area contributed by atoms with Gasteiger partial charge in [0.1, 0.15) is 5.75 Å². The zero-order valence-corrected chi connectivity index (χ0v) is 11.3. The minimum Gasteiger partial charge on any atom is -0.495 e. The molecule has 3 N–H and O–H groups in total. The quantitative estimate of drug-likeness (QED) is 0.645. The molecule has 2 aromatic rings. The van der Waals surface area contributed by atoms with E-state index in [2.05, 4.69) is 15.4 Å². The van der Waals surface area contributed by atoms with Crippen molar-refractivity contribution in [2.45, 2.75) is 12.5 Å². The zero-order valence-electron chi connectivity index (χ0n) is 10.5. The fraction of sp³-hybridized carbons (Fsp3) is 0.231. The molecule has 2 aromatic heterocycles. The lowest BCUT2D eigenvalue weighted by molar-refractivity contribution is 0.397. The molecule has 0 bridgehead atoms. The molecule has 2 heterocycles. The van der Waals surface area contributed by atoms with E-state index in [1.165, 1.54) is 0 Å². The Morgan fingerprint density at radius 3 is 2.74 bits per heavy atom. The van der Waals surface area contributed by atoms with E-state index in [0.29, 0.717) is 17.2 Å². The van der Waals surface area contributed by atoms with Gasteiger partial charge in [0.2, 0.25) is 0 Å². The molecule has 5 nitrogen and oxygen atoms in total. The topological polar surface area (TPSA) is 73.1 Å². The third-order valence-electron chi connectivity index (χ3n) is 2.89. The second-order valence-corrected chi connectivity index (χ2v) is 4.42. The van der Waals surface area contributed by atoms with Gasteiger partial charge in [0, 0.05) is 24.2 Å². The molecule has 0 saturated heterocycles. The van der Waals surface area contributed by atoms with Gasteiger partial charge >= 0.3 is 0 Å². The molecule has 19 heavy (non-hydrogen) atoms. The summed E-state index contributed by atoms with van der Waals surface area (Å²) in [4.78, 5) is 7.99. The molecule has 100 valence electrons. The van der Waals surface area contributed by atoms with Crippen LogP contribution in [-0.4, -0.2) is 17.1 Å². The van der Waals surface area contributed by atoms with Crippen molar-refractivity contribution in [2.75, 3.05) is 7.11 Å². The van der Waals surface area contributed by atoms with Gasteiger partial charge < -0.3 is 4.74 Å². The van der Waals surface area contributed by atoms with Crippen molar-refractivity contribution >= 4 is 11.6 Å². The van der Waals surface area contributed by atoms with Gasteiger partial charge in [0.05, 0.1) is 24.4 Å². The smallest absolute Gasteiger partial charge is 0.141 e. The summed E-state index contributed by atoms with van der Waals surface area (Å²) in [5, 5.41) is 0.621. The largest absolute Gasteiger partial charge is 0.495 e. The maximum Gasteiger partial charge on any atom is 0.141 e. The minimum absolute atomic E-state index is 0.113. The van der Waals surface area contributed by atoms with Gasteiger partial charge in [0.25, 0.3) is 0 Å². The molecule has 0 amide bonds. The van der Waals surface area contributed by atoms with E-state index in [9.17, 15) is 0 Å². The molecule has 0 saturated carbocycles. The second-order valence-electron chi connectivity index (χ2n) is 4.01. The van der Waals surface area contributed by atoms with E-state index in [-0.39, 0.29) is 6.04 Å². The van der Waals surface area contributed by atoms with Crippen molar-refractivity contribution in [3.05, 3.63) is 53.1 Å². The average molecular weight is 279 g/mol. The molecule has 0 fully saturated rings. The van der Waals surface area contributed by atoms with E-state index in [1.807, 2.05) is 12.1 Å². The van der Waals surface area contributed by atoms with Crippen LogP contribution >= 0.6 is 11.6 Å². The number of hydrazine groups is 1. The number of hydrogen-bond acceptors (Lipinski definition) is 5. The molecule has 0 radical (unpaired) electrons. The van der Waals surface area contributed by atoms with Crippen LogP contribution in [0.2, 0.25) is 5.02 Å². The maximum absolute atomic E-state index is 6.11. The highest BCUT2D eigenvalue weighted by atomic mass is 35.5. The Morgan fingerprint density at radius 1 is 1.32 bits per heavy atom. The van der Waals surface area contributed by atoms with Gasteiger partial charge in [-0.2, -0.15) is 0 Å². The first-order valence-corrected chi connectivity index (χ1v) is 6.16. The number of nitrogens with one attached hydrogen (secondary N) is 1. The molecule has 2 rings (SSSR count). The summed E-state index contributed by atoms with van der Waals surface area (Å²) < 4.78 is 5.29. The van der Waals surface area contributed by atoms with Crippen LogP contribution in [0.1, 0.15) is 17.2 Å². The molecule has 0 spiro atoms. The van der Waals surface area contributed by atoms with Gasteiger partial charge in [-0.05, 0) is 24.1 Å². The van der Waals surface area contributed by atoms with Gasteiger partial charge in [0.15, 0.2) is 0 Å². The Morgan fingerprint density at radius 2 is 2.05 bits per heavy atom. The maximum atomic E-state index is 6.11. The van der Waals surface area contributed by atoms with Crippen molar-refractivity contribution in [2.24, 2.45) is 5.84 Å². The van der Waals surface area contributed by atoms with Gasteiger partial charge in [-0.15, -0.1) is 0 Å². The number of pyridine rings is 2. The molecular weight excluding hydrogens is 264 g/mol. The molecule has 0 aromatic carbocycles. The van der Waals surface area contributed by atoms with Crippen molar-refractivity contribution in [1.82, 2.24) is 15.4 Å². The first-order chi connectivity index (χ1) is 9.26. The number of nitrogens with zero attached hydrogens (tertiary/aromatic N) is 2. The summed E-state index contributed by atoms with van der Waals surface area (Å²) in [6, 6.07) is 3.64. The molecule has 0 aliphatic carbocycles. The lowest BCUT2D eigenvalue weighted by atomic mass is 10.0. The number of nitrogens with two attached hydrogens (primary N) is 1. The summed E-state index contributed by atoms with van der Waals surface area (Å²) in [6.07, 6.45) is 7.33. The van der Waals surface area contributed by atoms with E-state index in [1.54, 1.807) is 31.9 Å². The lowest BCUT2D eigenvalue weighted by Gasteiger charge is -2.19. The van der Waals surface area contributed by atoms with Crippen LogP contribution in [0.15, 0.2) is 36.9 Å². The van der Waals surface area contributed by atoms with Gasteiger partial charge in [-0.1, -0.05) is 11.6 Å². The highest BCUT2D eigenvalue weighted by Crippen LogP contribution is 2.27.